The third-order valence-electron chi connectivity index (χ3n) is 4.79. The standard InChI is InChI=1S/C22H17ClF3N7O3/c1-2-36-21(35)31-19-18-17(27-10-28-19)16(32-33-18)11-3-5-12(6-4-11)29-20(34)30-13-7-8-15(23)14(9-13)22(24,25)26/h3-10H,2H2,1H3,(H,32,33)(H2,29,30,34)(H,27,28,31,35). The number of aromatic amines is 1. The van der Waals surface area contributed by atoms with E-state index in [4.69, 9.17) is 16.3 Å². The van der Waals surface area contributed by atoms with Gasteiger partial charge < -0.3 is 15.4 Å². The van der Waals surface area contributed by atoms with Gasteiger partial charge in [0.05, 0.1) is 17.2 Å². The zero-order valence-corrected chi connectivity index (χ0v) is 19.2. The summed E-state index contributed by atoms with van der Waals surface area (Å²) in [6, 6.07) is 8.81. The van der Waals surface area contributed by atoms with Gasteiger partial charge in [0.25, 0.3) is 0 Å². The van der Waals surface area contributed by atoms with Crippen molar-refractivity contribution < 1.29 is 27.5 Å². The Hall–Kier alpha value is -4.39. The molecule has 0 saturated carbocycles. The molecule has 0 saturated heterocycles. The summed E-state index contributed by atoms with van der Waals surface area (Å²) >= 11 is 5.60. The number of urea groups is 1. The zero-order valence-electron chi connectivity index (χ0n) is 18.4. The number of alkyl halides is 3. The van der Waals surface area contributed by atoms with Gasteiger partial charge in [-0.3, -0.25) is 10.4 Å². The first kappa shape index (κ1) is 24.7. The molecule has 0 aliphatic carbocycles. The van der Waals surface area contributed by atoms with Crippen molar-refractivity contribution in [2.24, 2.45) is 0 Å². The summed E-state index contributed by atoms with van der Waals surface area (Å²) in [4.78, 5) is 32.2. The molecule has 0 bridgehead atoms. The number of benzene rings is 2. The van der Waals surface area contributed by atoms with Crippen molar-refractivity contribution in [3.63, 3.8) is 0 Å². The lowest BCUT2D eigenvalue weighted by molar-refractivity contribution is -0.137. The number of ether oxygens (including phenoxy) is 1. The van der Waals surface area contributed by atoms with E-state index in [2.05, 4.69) is 36.1 Å². The highest BCUT2D eigenvalue weighted by Gasteiger charge is 2.33. The van der Waals surface area contributed by atoms with Crippen molar-refractivity contribution in [3.8, 4) is 11.3 Å². The zero-order chi connectivity index (χ0) is 25.9. The third-order valence-corrected chi connectivity index (χ3v) is 5.12. The quantitative estimate of drug-likeness (QED) is 0.259. The van der Waals surface area contributed by atoms with E-state index >= 15 is 0 Å². The number of rotatable bonds is 5. The summed E-state index contributed by atoms with van der Waals surface area (Å²) in [6.45, 7) is 1.87. The summed E-state index contributed by atoms with van der Waals surface area (Å²) in [5.41, 5.74) is 1.19. The Morgan fingerprint density at radius 3 is 2.42 bits per heavy atom. The van der Waals surface area contributed by atoms with E-state index in [1.165, 1.54) is 12.4 Å². The minimum atomic E-state index is -4.65. The number of anilines is 3. The highest BCUT2D eigenvalue weighted by molar-refractivity contribution is 6.31. The lowest BCUT2D eigenvalue weighted by Gasteiger charge is -2.12. The summed E-state index contributed by atoms with van der Waals surface area (Å²) in [7, 11) is 0. The molecule has 0 atom stereocenters. The van der Waals surface area contributed by atoms with Gasteiger partial charge in [0.1, 0.15) is 23.1 Å². The maximum atomic E-state index is 13.0. The average Bonchev–Trinajstić information content (AvgIpc) is 3.25. The molecule has 14 heteroatoms. The molecule has 0 unspecified atom stereocenters. The number of H-pyrrole nitrogens is 1. The van der Waals surface area contributed by atoms with Gasteiger partial charge in [-0.05, 0) is 37.3 Å². The topological polar surface area (TPSA) is 134 Å². The van der Waals surface area contributed by atoms with Gasteiger partial charge in [-0.15, -0.1) is 0 Å². The molecule has 10 nitrogen and oxygen atoms in total. The van der Waals surface area contributed by atoms with Crippen LogP contribution in [0.5, 0.6) is 0 Å². The van der Waals surface area contributed by atoms with Crippen LogP contribution in [-0.4, -0.2) is 38.9 Å². The van der Waals surface area contributed by atoms with Gasteiger partial charge >= 0.3 is 18.3 Å². The Kier molecular flexibility index (Phi) is 6.92. The fourth-order valence-electron chi connectivity index (χ4n) is 3.22. The molecule has 4 N–H and O–H groups in total. The number of carbonyl (C=O) groups is 2. The second kappa shape index (κ2) is 10.1. The molecule has 4 aromatic rings. The Morgan fingerprint density at radius 1 is 1.03 bits per heavy atom. The highest BCUT2D eigenvalue weighted by atomic mass is 35.5. The van der Waals surface area contributed by atoms with Crippen LogP contribution in [0.2, 0.25) is 5.02 Å². The number of hydrogen-bond acceptors (Lipinski definition) is 6. The second-order valence-corrected chi connectivity index (χ2v) is 7.62. The van der Waals surface area contributed by atoms with Crippen molar-refractivity contribution in [2.45, 2.75) is 13.1 Å². The van der Waals surface area contributed by atoms with Gasteiger partial charge in [0, 0.05) is 16.9 Å². The van der Waals surface area contributed by atoms with Crippen LogP contribution >= 0.6 is 11.6 Å². The Morgan fingerprint density at radius 2 is 1.72 bits per heavy atom. The number of nitrogens with zero attached hydrogens (tertiary/aromatic N) is 3. The molecule has 186 valence electrons. The van der Waals surface area contributed by atoms with Crippen molar-refractivity contribution in [1.29, 1.82) is 0 Å². The molecule has 2 aromatic carbocycles. The van der Waals surface area contributed by atoms with Crippen molar-refractivity contribution >= 4 is 52.0 Å². The maximum Gasteiger partial charge on any atom is 0.417 e. The van der Waals surface area contributed by atoms with Crippen molar-refractivity contribution in [2.75, 3.05) is 22.6 Å². The molecule has 0 spiro atoms. The number of aromatic nitrogens is 4. The van der Waals surface area contributed by atoms with Crippen LogP contribution in [0.3, 0.4) is 0 Å². The first-order valence-corrected chi connectivity index (χ1v) is 10.7. The normalized spacial score (nSPS) is 11.2. The van der Waals surface area contributed by atoms with Gasteiger partial charge in [-0.2, -0.15) is 18.3 Å². The number of amides is 3. The van der Waals surface area contributed by atoms with Crippen LogP contribution in [0.4, 0.5) is 40.0 Å². The first-order chi connectivity index (χ1) is 17.2. The average molecular weight is 520 g/mol. The van der Waals surface area contributed by atoms with Crippen LogP contribution in [0, 0.1) is 0 Å². The Balaban J connectivity index is 1.47. The highest BCUT2D eigenvalue weighted by Crippen LogP contribution is 2.36. The fraction of sp³-hybridized carbons (Fsp3) is 0.136. The molecule has 36 heavy (non-hydrogen) atoms. The van der Waals surface area contributed by atoms with Gasteiger partial charge in [-0.1, -0.05) is 23.7 Å². The minimum Gasteiger partial charge on any atom is -0.450 e. The summed E-state index contributed by atoms with van der Waals surface area (Å²) in [5, 5.41) is 13.9. The second-order valence-electron chi connectivity index (χ2n) is 7.21. The molecular formula is C22H17ClF3N7O3. The predicted molar refractivity (Wildman–Crippen MR) is 127 cm³/mol. The van der Waals surface area contributed by atoms with Crippen LogP contribution < -0.4 is 16.0 Å². The lowest BCUT2D eigenvalue weighted by atomic mass is 10.1. The molecular weight excluding hydrogens is 503 g/mol. The molecule has 2 aromatic heterocycles. The molecule has 4 rings (SSSR count). The molecule has 2 heterocycles. The van der Waals surface area contributed by atoms with E-state index < -0.39 is 28.9 Å². The summed E-state index contributed by atoms with van der Waals surface area (Å²) in [5.74, 6) is 0.197. The minimum absolute atomic E-state index is 0.0734. The lowest BCUT2D eigenvalue weighted by Crippen LogP contribution is -2.19. The molecule has 0 aliphatic heterocycles. The number of fused-ring (bicyclic) bond motifs is 1. The van der Waals surface area contributed by atoms with E-state index in [1.807, 2.05) is 0 Å². The number of halogens is 4. The Bertz CT molecular complexity index is 1420. The Labute approximate surface area is 206 Å². The van der Waals surface area contributed by atoms with E-state index in [-0.39, 0.29) is 18.1 Å². The predicted octanol–water partition coefficient (Wildman–Crippen LogP) is 5.90. The molecule has 0 aliphatic rings. The van der Waals surface area contributed by atoms with Crippen molar-refractivity contribution in [1.82, 2.24) is 20.2 Å². The number of carbonyl (C=O) groups excluding carboxylic acids is 2. The van der Waals surface area contributed by atoms with Gasteiger partial charge in [0.2, 0.25) is 0 Å². The van der Waals surface area contributed by atoms with E-state index in [9.17, 15) is 22.8 Å². The SMILES string of the molecule is CCOC(=O)Nc1ncnc2c(-c3ccc(NC(=O)Nc4ccc(Cl)c(C(F)(F)F)c4)cc3)n[nH]c12. The van der Waals surface area contributed by atoms with Crippen LogP contribution in [0.25, 0.3) is 22.3 Å². The fourth-order valence-corrected chi connectivity index (χ4v) is 3.45. The molecule has 3 amide bonds. The number of nitrogens with one attached hydrogen (secondary N) is 4. The van der Waals surface area contributed by atoms with E-state index in [0.717, 1.165) is 12.1 Å². The van der Waals surface area contributed by atoms with Gasteiger partial charge in [0.15, 0.2) is 5.82 Å². The van der Waals surface area contributed by atoms with Crippen LogP contribution in [0.15, 0.2) is 48.8 Å². The van der Waals surface area contributed by atoms with E-state index in [0.29, 0.717) is 28.0 Å². The monoisotopic (exact) mass is 519 g/mol. The molecule has 0 radical (unpaired) electrons. The maximum absolute atomic E-state index is 13.0. The van der Waals surface area contributed by atoms with E-state index in [1.54, 1.807) is 31.2 Å². The molecule has 0 fully saturated rings. The van der Waals surface area contributed by atoms with Crippen LogP contribution in [0.1, 0.15) is 12.5 Å². The third kappa shape index (κ3) is 5.46. The summed E-state index contributed by atoms with van der Waals surface area (Å²) in [6.07, 6.45) is -4.06. The first-order valence-electron chi connectivity index (χ1n) is 10.3. The van der Waals surface area contributed by atoms with Crippen molar-refractivity contribution in [3.05, 3.63) is 59.4 Å². The smallest absolute Gasteiger partial charge is 0.417 e. The van der Waals surface area contributed by atoms with Crippen LogP contribution in [-0.2, 0) is 10.9 Å². The van der Waals surface area contributed by atoms with Gasteiger partial charge in [-0.25, -0.2) is 19.6 Å². The summed E-state index contributed by atoms with van der Waals surface area (Å²) < 4.78 is 43.9. The largest absolute Gasteiger partial charge is 0.450 e. The number of hydrogen-bond donors (Lipinski definition) is 4.